The van der Waals surface area contributed by atoms with Crippen LogP contribution in [0.5, 0.6) is 0 Å². The summed E-state index contributed by atoms with van der Waals surface area (Å²) in [6, 6.07) is 5.88. The van der Waals surface area contributed by atoms with Crippen molar-refractivity contribution in [1.29, 1.82) is 0 Å². The number of benzene rings is 1. The molecule has 2 rings (SSSR count). The second-order valence-corrected chi connectivity index (χ2v) is 5.95. The normalized spacial score (nSPS) is 16.4. The molecule has 0 aliphatic carbocycles. The number of halogens is 3. The number of nitrogens with one attached hydrogen (secondary N) is 1. The highest BCUT2D eigenvalue weighted by Crippen LogP contribution is 2.23. The average Bonchev–Trinajstić information content (AvgIpc) is 2.35. The van der Waals surface area contributed by atoms with Crippen molar-refractivity contribution in [3.8, 4) is 0 Å². The lowest BCUT2D eigenvalue weighted by atomic mass is 9.97. The Bertz CT molecular complexity index is 392. The summed E-state index contributed by atoms with van der Waals surface area (Å²) in [4.78, 5) is 2.37. The molecule has 0 atom stereocenters. The van der Waals surface area contributed by atoms with Crippen LogP contribution in [0.2, 0.25) is 10.0 Å². The van der Waals surface area contributed by atoms with Crippen LogP contribution < -0.4 is 5.32 Å². The lowest BCUT2D eigenvalue weighted by molar-refractivity contribution is 0.234. The van der Waals surface area contributed by atoms with E-state index in [2.05, 4.69) is 17.3 Å². The Balaban J connectivity index is 0.00000180. The zero-order chi connectivity index (χ0) is 13.0. The largest absolute Gasteiger partial charge is 0.317 e. The molecule has 0 amide bonds. The molecule has 108 valence electrons. The minimum absolute atomic E-state index is 0. The second-order valence-electron chi connectivity index (χ2n) is 5.14. The molecule has 0 aromatic heterocycles. The smallest absolute Gasteiger partial charge is 0.0595 e. The molecule has 0 saturated carbocycles. The number of hydrogen-bond donors (Lipinski definition) is 1. The molecule has 1 heterocycles. The van der Waals surface area contributed by atoms with E-state index < -0.39 is 0 Å². The van der Waals surface area contributed by atoms with Crippen LogP contribution in [-0.4, -0.2) is 31.6 Å². The molecule has 0 spiro atoms. The highest BCUT2D eigenvalue weighted by molar-refractivity contribution is 6.42. The Kier molecular flexibility index (Phi) is 7.48. The third kappa shape index (κ3) is 5.49. The third-order valence-electron chi connectivity index (χ3n) is 3.47. The molecule has 2 nitrogen and oxygen atoms in total. The van der Waals surface area contributed by atoms with Crippen LogP contribution in [0.3, 0.4) is 0 Å². The molecule has 1 N–H and O–H groups in total. The lowest BCUT2D eigenvalue weighted by Crippen LogP contribution is -2.34. The predicted octanol–water partition coefficient (Wildman–Crippen LogP) is 3.85. The van der Waals surface area contributed by atoms with Gasteiger partial charge in [-0.3, -0.25) is 0 Å². The van der Waals surface area contributed by atoms with Gasteiger partial charge in [0.05, 0.1) is 10.0 Å². The monoisotopic (exact) mass is 322 g/mol. The molecule has 0 unspecified atom stereocenters. The third-order valence-corrected chi connectivity index (χ3v) is 4.20. The maximum atomic E-state index is 6.03. The molecule has 1 aromatic rings. The maximum absolute atomic E-state index is 6.03. The fourth-order valence-electron chi connectivity index (χ4n) is 2.52. The van der Waals surface area contributed by atoms with Crippen LogP contribution >= 0.6 is 35.6 Å². The molecule has 5 heteroatoms. The molecule has 1 fully saturated rings. The van der Waals surface area contributed by atoms with Gasteiger partial charge in [-0.1, -0.05) is 29.3 Å². The van der Waals surface area contributed by atoms with Crippen LogP contribution in [0.15, 0.2) is 18.2 Å². The molecule has 1 aliphatic heterocycles. The highest BCUT2D eigenvalue weighted by atomic mass is 35.5. The Hall–Kier alpha value is 0.01000. The van der Waals surface area contributed by atoms with Gasteiger partial charge in [-0.05, 0) is 56.6 Å². The van der Waals surface area contributed by atoms with Crippen LogP contribution in [0.1, 0.15) is 18.4 Å². The van der Waals surface area contributed by atoms with E-state index in [-0.39, 0.29) is 12.4 Å². The maximum Gasteiger partial charge on any atom is 0.0595 e. The fourth-order valence-corrected chi connectivity index (χ4v) is 2.84. The van der Waals surface area contributed by atoms with Gasteiger partial charge in [0.15, 0.2) is 0 Å². The molecule has 19 heavy (non-hydrogen) atoms. The fraction of sp³-hybridized carbons (Fsp3) is 0.571. The van der Waals surface area contributed by atoms with E-state index >= 15 is 0 Å². The SMILES string of the molecule is CN(Cc1ccc(Cl)c(Cl)c1)CC1CCNCC1.Cl. The van der Waals surface area contributed by atoms with Gasteiger partial charge < -0.3 is 10.2 Å². The number of hydrogen-bond acceptors (Lipinski definition) is 2. The molecule has 1 aliphatic rings. The van der Waals surface area contributed by atoms with Gasteiger partial charge in [0, 0.05) is 13.1 Å². The summed E-state index contributed by atoms with van der Waals surface area (Å²) in [6.45, 7) is 4.40. The van der Waals surface area contributed by atoms with Crippen LogP contribution in [0, 0.1) is 5.92 Å². The van der Waals surface area contributed by atoms with Crippen molar-refractivity contribution in [2.45, 2.75) is 19.4 Å². The first-order valence-corrected chi connectivity index (χ1v) is 7.24. The summed E-state index contributed by atoms with van der Waals surface area (Å²) in [5.41, 5.74) is 1.22. The van der Waals surface area contributed by atoms with Crippen molar-refractivity contribution in [3.63, 3.8) is 0 Å². The highest BCUT2D eigenvalue weighted by Gasteiger charge is 2.15. The lowest BCUT2D eigenvalue weighted by Gasteiger charge is -2.27. The summed E-state index contributed by atoms with van der Waals surface area (Å²) in [5.74, 6) is 0.819. The Morgan fingerprint density at radius 2 is 1.89 bits per heavy atom. The van der Waals surface area contributed by atoms with Crippen molar-refractivity contribution >= 4 is 35.6 Å². The predicted molar refractivity (Wildman–Crippen MR) is 85.6 cm³/mol. The zero-order valence-electron chi connectivity index (χ0n) is 11.2. The van der Waals surface area contributed by atoms with Crippen molar-refractivity contribution in [1.82, 2.24) is 10.2 Å². The molecule has 0 bridgehead atoms. The van der Waals surface area contributed by atoms with Crippen molar-refractivity contribution in [2.24, 2.45) is 5.92 Å². The minimum atomic E-state index is 0. The first-order chi connectivity index (χ1) is 8.65. The number of piperidine rings is 1. The standard InChI is InChI=1S/C14H20Cl2N2.ClH/c1-18(9-11-4-6-17-7-5-11)10-12-2-3-13(15)14(16)8-12;/h2-3,8,11,17H,4-7,9-10H2,1H3;1H. The van der Waals surface area contributed by atoms with Gasteiger partial charge in [0.25, 0.3) is 0 Å². The summed E-state index contributed by atoms with van der Waals surface area (Å²) in [7, 11) is 2.17. The van der Waals surface area contributed by atoms with Crippen molar-refractivity contribution < 1.29 is 0 Å². The van der Waals surface area contributed by atoms with E-state index in [1.54, 1.807) is 0 Å². The van der Waals surface area contributed by atoms with Gasteiger partial charge >= 0.3 is 0 Å². The Morgan fingerprint density at radius 3 is 2.53 bits per heavy atom. The van der Waals surface area contributed by atoms with E-state index in [0.29, 0.717) is 10.0 Å². The summed E-state index contributed by atoms with van der Waals surface area (Å²) in [6.07, 6.45) is 2.57. The van der Waals surface area contributed by atoms with Crippen LogP contribution in [0.4, 0.5) is 0 Å². The van der Waals surface area contributed by atoms with Gasteiger partial charge in [0.2, 0.25) is 0 Å². The Labute approximate surface area is 131 Å². The number of nitrogens with zero attached hydrogens (tertiary/aromatic N) is 1. The van der Waals surface area contributed by atoms with Crippen molar-refractivity contribution in [3.05, 3.63) is 33.8 Å². The van der Waals surface area contributed by atoms with E-state index in [9.17, 15) is 0 Å². The molecular formula is C14H21Cl3N2. The van der Waals surface area contributed by atoms with Gasteiger partial charge in [-0.2, -0.15) is 0 Å². The van der Waals surface area contributed by atoms with Crippen molar-refractivity contribution in [2.75, 3.05) is 26.7 Å². The van der Waals surface area contributed by atoms with E-state index in [1.165, 1.54) is 18.4 Å². The zero-order valence-corrected chi connectivity index (χ0v) is 13.5. The number of rotatable bonds is 4. The quantitative estimate of drug-likeness (QED) is 0.905. The van der Waals surface area contributed by atoms with Gasteiger partial charge in [-0.15, -0.1) is 12.4 Å². The van der Waals surface area contributed by atoms with Gasteiger partial charge in [0.1, 0.15) is 0 Å². The topological polar surface area (TPSA) is 15.3 Å². The first-order valence-electron chi connectivity index (χ1n) is 6.48. The molecule has 1 saturated heterocycles. The first kappa shape index (κ1) is 17.1. The molecule has 0 radical (unpaired) electrons. The second kappa shape index (κ2) is 8.33. The van der Waals surface area contributed by atoms with Gasteiger partial charge in [-0.25, -0.2) is 0 Å². The summed E-state index contributed by atoms with van der Waals surface area (Å²) >= 11 is 12.0. The minimum Gasteiger partial charge on any atom is -0.317 e. The van der Waals surface area contributed by atoms with E-state index in [0.717, 1.165) is 32.1 Å². The summed E-state index contributed by atoms with van der Waals surface area (Å²) < 4.78 is 0. The van der Waals surface area contributed by atoms with Crippen LogP contribution in [-0.2, 0) is 6.54 Å². The average molecular weight is 324 g/mol. The van der Waals surface area contributed by atoms with E-state index in [1.807, 2.05) is 18.2 Å². The molecule has 1 aromatic carbocycles. The van der Waals surface area contributed by atoms with E-state index in [4.69, 9.17) is 23.2 Å². The Morgan fingerprint density at radius 1 is 1.21 bits per heavy atom. The van der Waals surface area contributed by atoms with Crippen LogP contribution in [0.25, 0.3) is 0 Å². The summed E-state index contributed by atoms with van der Waals surface area (Å²) in [5, 5.41) is 4.67. The molecular weight excluding hydrogens is 303 g/mol.